The Kier molecular flexibility index (Phi) is 5.58. The van der Waals surface area contributed by atoms with Crippen LogP contribution in [0.5, 0.6) is 0 Å². The third-order valence-electron chi connectivity index (χ3n) is 3.01. The van der Waals surface area contributed by atoms with Gasteiger partial charge in [0.1, 0.15) is 5.54 Å². The zero-order valence-electron chi connectivity index (χ0n) is 11.0. The smallest absolute Gasteiger partial charge is 0.331 e. The van der Waals surface area contributed by atoms with Gasteiger partial charge in [-0.2, -0.15) is 0 Å². The minimum absolute atomic E-state index is 0.0873. The Morgan fingerprint density at radius 3 is 2.37 bits per heavy atom. The largest absolute Gasteiger partial charge is 0.467 e. The quantitative estimate of drug-likeness (QED) is 0.768. The number of carbonyl (C=O) groups is 2. The predicted octanol–water partition coefficient (Wildman–Crippen LogP) is 3.59. The van der Waals surface area contributed by atoms with E-state index in [4.69, 9.17) is 4.74 Å². The zero-order chi connectivity index (χ0) is 14.8. The number of carbonyl (C=O) groups excluding carboxylic acids is 2. The Bertz CT molecular complexity index is 482. The van der Waals surface area contributed by atoms with Crippen LogP contribution in [-0.2, 0) is 9.53 Å². The van der Waals surface area contributed by atoms with Crippen LogP contribution in [0.25, 0.3) is 0 Å². The van der Waals surface area contributed by atoms with Gasteiger partial charge in [0.25, 0.3) is 5.91 Å². The number of esters is 1. The van der Waals surface area contributed by atoms with Gasteiger partial charge in [-0.25, -0.2) is 4.79 Å². The van der Waals surface area contributed by atoms with Crippen LogP contribution in [0.4, 0.5) is 0 Å². The molecule has 1 unspecified atom stereocenters. The van der Waals surface area contributed by atoms with E-state index in [1.54, 1.807) is 13.0 Å². The highest BCUT2D eigenvalue weighted by Gasteiger charge is 2.39. The van der Waals surface area contributed by atoms with Crippen molar-refractivity contribution in [3.8, 4) is 0 Å². The molecular weight excluding hydrogens is 398 g/mol. The number of nitrogens with one attached hydrogen (secondary N) is 1. The number of ether oxygens (including phenoxy) is 1. The van der Waals surface area contributed by atoms with Crippen LogP contribution < -0.4 is 5.32 Å². The molecule has 1 heterocycles. The summed E-state index contributed by atoms with van der Waals surface area (Å²) in [6, 6.07) is 1.71. The van der Waals surface area contributed by atoms with E-state index >= 15 is 0 Å². The average molecular weight is 413 g/mol. The fourth-order valence-corrected chi connectivity index (χ4v) is 3.33. The molecule has 0 fully saturated rings. The maximum atomic E-state index is 12.2. The van der Waals surface area contributed by atoms with E-state index in [1.807, 2.05) is 13.8 Å². The highest BCUT2D eigenvalue weighted by atomic mass is 79.9. The highest BCUT2D eigenvalue weighted by Crippen LogP contribution is 2.32. The molecule has 0 aliphatic carbocycles. The first kappa shape index (κ1) is 16.7. The monoisotopic (exact) mass is 411 g/mol. The SMILES string of the molecule is COC(=O)C(C)(NC(=O)c1cc(Br)c(Br)s1)C(C)C. The first-order valence-electron chi connectivity index (χ1n) is 5.58. The van der Waals surface area contributed by atoms with Gasteiger partial charge in [0, 0.05) is 4.47 Å². The van der Waals surface area contributed by atoms with E-state index in [-0.39, 0.29) is 11.8 Å². The van der Waals surface area contributed by atoms with Gasteiger partial charge in [0.15, 0.2) is 0 Å². The lowest BCUT2D eigenvalue weighted by Gasteiger charge is -2.31. The van der Waals surface area contributed by atoms with Crippen LogP contribution in [0, 0.1) is 5.92 Å². The summed E-state index contributed by atoms with van der Waals surface area (Å²) in [6.07, 6.45) is 0. The number of halogens is 2. The van der Waals surface area contributed by atoms with Crippen LogP contribution in [0.15, 0.2) is 14.3 Å². The van der Waals surface area contributed by atoms with Gasteiger partial charge in [-0.1, -0.05) is 13.8 Å². The normalized spacial score (nSPS) is 14.1. The van der Waals surface area contributed by atoms with Crippen molar-refractivity contribution in [2.45, 2.75) is 26.3 Å². The number of amides is 1. The molecule has 0 saturated carbocycles. The molecule has 0 saturated heterocycles. The third-order valence-corrected chi connectivity index (χ3v) is 6.26. The summed E-state index contributed by atoms with van der Waals surface area (Å²) >= 11 is 7.96. The molecule has 1 atom stereocenters. The molecule has 0 aromatic carbocycles. The van der Waals surface area contributed by atoms with Gasteiger partial charge in [0.05, 0.1) is 15.8 Å². The van der Waals surface area contributed by atoms with Crippen molar-refractivity contribution < 1.29 is 14.3 Å². The lowest BCUT2D eigenvalue weighted by atomic mass is 9.88. The van der Waals surface area contributed by atoms with Crippen molar-refractivity contribution in [1.82, 2.24) is 5.32 Å². The van der Waals surface area contributed by atoms with Gasteiger partial charge >= 0.3 is 5.97 Å². The molecule has 106 valence electrons. The fraction of sp³-hybridized carbons (Fsp3) is 0.500. The Balaban J connectivity index is 2.98. The van der Waals surface area contributed by atoms with Crippen molar-refractivity contribution in [3.05, 3.63) is 19.2 Å². The number of thiophene rings is 1. The number of methoxy groups -OCH3 is 1. The van der Waals surface area contributed by atoms with E-state index in [2.05, 4.69) is 37.2 Å². The summed E-state index contributed by atoms with van der Waals surface area (Å²) in [7, 11) is 1.31. The first-order valence-corrected chi connectivity index (χ1v) is 7.98. The first-order chi connectivity index (χ1) is 8.72. The minimum atomic E-state index is -1.05. The Hall–Kier alpha value is -0.400. The molecule has 4 nitrogen and oxygen atoms in total. The molecular formula is C12H15Br2NO3S. The molecule has 1 N–H and O–H groups in total. The van der Waals surface area contributed by atoms with Crippen LogP contribution >= 0.6 is 43.2 Å². The van der Waals surface area contributed by atoms with Gasteiger partial charge < -0.3 is 10.1 Å². The molecule has 19 heavy (non-hydrogen) atoms. The standard InChI is InChI=1S/C12H15Br2NO3S/c1-6(2)12(3,11(17)18-4)15-10(16)8-5-7(13)9(14)19-8/h5-6H,1-4H3,(H,15,16). The second kappa shape index (κ2) is 6.37. The van der Waals surface area contributed by atoms with E-state index < -0.39 is 11.5 Å². The van der Waals surface area contributed by atoms with Crippen LogP contribution in [0.1, 0.15) is 30.4 Å². The summed E-state index contributed by atoms with van der Waals surface area (Å²) in [6.45, 7) is 5.38. The molecule has 7 heteroatoms. The van der Waals surface area contributed by atoms with Gasteiger partial charge in [-0.3, -0.25) is 4.79 Å². The maximum absolute atomic E-state index is 12.2. The zero-order valence-corrected chi connectivity index (χ0v) is 15.0. The maximum Gasteiger partial charge on any atom is 0.331 e. The van der Waals surface area contributed by atoms with Crippen molar-refractivity contribution in [1.29, 1.82) is 0 Å². The van der Waals surface area contributed by atoms with Crippen molar-refractivity contribution >= 4 is 55.1 Å². The predicted molar refractivity (Wildman–Crippen MR) is 82.4 cm³/mol. The van der Waals surface area contributed by atoms with Gasteiger partial charge in [0.2, 0.25) is 0 Å². The lowest BCUT2D eigenvalue weighted by Crippen LogP contribution is -2.56. The second-order valence-corrected chi connectivity index (χ2v) is 7.76. The number of rotatable bonds is 4. The summed E-state index contributed by atoms with van der Waals surface area (Å²) in [5, 5.41) is 2.76. The van der Waals surface area contributed by atoms with Crippen molar-refractivity contribution in [2.24, 2.45) is 5.92 Å². The van der Waals surface area contributed by atoms with E-state index in [9.17, 15) is 9.59 Å². The van der Waals surface area contributed by atoms with Crippen molar-refractivity contribution in [2.75, 3.05) is 7.11 Å². The molecule has 0 aliphatic rings. The van der Waals surface area contributed by atoms with E-state index in [0.29, 0.717) is 4.88 Å². The summed E-state index contributed by atoms with van der Waals surface area (Å²) in [4.78, 5) is 24.6. The van der Waals surface area contributed by atoms with Crippen LogP contribution in [0.2, 0.25) is 0 Å². The van der Waals surface area contributed by atoms with Gasteiger partial charge in [-0.05, 0) is 50.8 Å². The molecule has 1 aromatic rings. The summed E-state index contributed by atoms with van der Waals surface area (Å²) in [5.41, 5.74) is -1.05. The molecule has 1 amide bonds. The second-order valence-electron chi connectivity index (χ2n) is 4.54. The highest BCUT2D eigenvalue weighted by molar-refractivity contribution is 9.13. The third kappa shape index (κ3) is 3.58. The lowest BCUT2D eigenvalue weighted by molar-refractivity contribution is -0.149. The minimum Gasteiger partial charge on any atom is -0.467 e. The summed E-state index contributed by atoms with van der Waals surface area (Å²) in [5.74, 6) is -0.834. The van der Waals surface area contributed by atoms with Crippen LogP contribution in [0.3, 0.4) is 0 Å². The summed E-state index contributed by atoms with van der Waals surface area (Å²) < 4.78 is 6.42. The van der Waals surface area contributed by atoms with Crippen LogP contribution in [-0.4, -0.2) is 24.5 Å². The molecule has 1 rings (SSSR count). The average Bonchev–Trinajstić information content (AvgIpc) is 2.68. The topological polar surface area (TPSA) is 55.4 Å². The number of hydrogen-bond donors (Lipinski definition) is 1. The Morgan fingerprint density at radius 2 is 2.00 bits per heavy atom. The molecule has 0 spiro atoms. The Labute approximate surface area is 133 Å². The number of hydrogen-bond acceptors (Lipinski definition) is 4. The molecule has 1 aromatic heterocycles. The van der Waals surface area contributed by atoms with Gasteiger partial charge in [-0.15, -0.1) is 11.3 Å². The van der Waals surface area contributed by atoms with E-state index in [1.165, 1.54) is 18.4 Å². The molecule has 0 aliphatic heterocycles. The fourth-order valence-electron chi connectivity index (χ4n) is 1.40. The molecule has 0 radical (unpaired) electrons. The Morgan fingerprint density at radius 1 is 1.42 bits per heavy atom. The van der Waals surface area contributed by atoms with Crippen molar-refractivity contribution in [3.63, 3.8) is 0 Å². The molecule has 0 bridgehead atoms. The van der Waals surface area contributed by atoms with E-state index in [0.717, 1.165) is 8.26 Å².